The van der Waals surface area contributed by atoms with Gasteiger partial charge in [-0.2, -0.15) is 0 Å². The van der Waals surface area contributed by atoms with Crippen molar-refractivity contribution in [2.24, 2.45) is 5.92 Å². The standard InChI is InChI=1S/C25H31NO6/c1-6-9-19(27)21(23(32-7-2)22(24(28)29)25(30)31)18-11-8-10-17(26-18)20-15(4)12-14(3)13-16(20)5/h8,10-13,21-23H,6-7,9H2,1-5H3,(H,28,29)(H,30,31). The molecule has 0 aliphatic heterocycles. The number of aliphatic carboxylic acids is 2. The normalized spacial score (nSPS) is 13.1. The number of aromatic nitrogens is 1. The Balaban J connectivity index is 2.68. The van der Waals surface area contributed by atoms with Crippen molar-refractivity contribution in [2.75, 3.05) is 6.61 Å². The summed E-state index contributed by atoms with van der Waals surface area (Å²) in [6, 6.07) is 9.31. The Bertz CT molecular complexity index is 963. The summed E-state index contributed by atoms with van der Waals surface area (Å²) in [7, 11) is 0. The van der Waals surface area contributed by atoms with Crippen LogP contribution in [0, 0.1) is 26.7 Å². The molecule has 0 aliphatic carbocycles. The minimum atomic E-state index is -1.89. The zero-order valence-corrected chi connectivity index (χ0v) is 19.2. The quantitative estimate of drug-likeness (QED) is 0.499. The first-order chi connectivity index (χ1) is 15.1. The number of hydrogen-bond acceptors (Lipinski definition) is 5. The van der Waals surface area contributed by atoms with E-state index in [1.54, 1.807) is 19.1 Å². The molecule has 0 saturated carbocycles. The number of rotatable bonds is 11. The van der Waals surface area contributed by atoms with E-state index in [0.29, 0.717) is 17.8 Å². The van der Waals surface area contributed by atoms with Crippen LogP contribution >= 0.6 is 0 Å². The van der Waals surface area contributed by atoms with Crippen molar-refractivity contribution in [3.05, 3.63) is 52.7 Å². The van der Waals surface area contributed by atoms with Crippen molar-refractivity contribution in [3.63, 3.8) is 0 Å². The number of ketones is 1. The van der Waals surface area contributed by atoms with Crippen LogP contribution < -0.4 is 0 Å². The molecule has 2 unspecified atom stereocenters. The van der Waals surface area contributed by atoms with Gasteiger partial charge in [-0.25, -0.2) is 0 Å². The Morgan fingerprint density at radius 3 is 2.09 bits per heavy atom. The summed E-state index contributed by atoms with van der Waals surface area (Å²) in [6.07, 6.45) is -0.680. The monoisotopic (exact) mass is 441 g/mol. The molecule has 2 rings (SSSR count). The first-order valence-corrected chi connectivity index (χ1v) is 10.8. The average molecular weight is 442 g/mol. The van der Waals surface area contributed by atoms with Crippen LogP contribution in [0.15, 0.2) is 30.3 Å². The Labute approximate surface area is 188 Å². The van der Waals surface area contributed by atoms with Crippen LogP contribution in [0.25, 0.3) is 11.3 Å². The first kappa shape index (κ1) is 25.2. The van der Waals surface area contributed by atoms with Gasteiger partial charge in [0.05, 0.1) is 23.4 Å². The lowest BCUT2D eigenvalue weighted by Gasteiger charge is -2.28. The summed E-state index contributed by atoms with van der Waals surface area (Å²) in [6.45, 7) is 9.51. The Kier molecular flexibility index (Phi) is 8.66. The number of benzene rings is 1. The number of nitrogens with zero attached hydrogens (tertiary/aromatic N) is 1. The number of aryl methyl sites for hydroxylation is 3. The minimum absolute atomic E-state index is 0.0630. The molecule has 0 radical (unpaired) electrons. The fourth-order valence-electron chi connectivity index (χ4n) is 4.23. The lowest BCUT2D eigenvalue weighted by atomic mass is 9.83. The third-order valence-corrected chi connectivity index (χ3v) is 5.41. The van der Waals surface area contributed by atoms with Gasteiger partial charge in [0.1, 0.15) is 5.78 Å². The molecule has 32 heavy (non-hydrogen) atoms. The lowest BCUT2D eigenvalue weighted by molar-refractivity contribution is -0.163. The molecule has 1 aromatic heterocycles. The van der Waals surface area contributed by atoms with Gasteiger partial charge < -0.3 is 14.9 Å². The molecule has 2 aromatic rings. The molecule has 172 valence electrons. The summed E-state index contributed by atoms with van der Waals surface area (Å²) >= 11 is 0. The third-order valence-electron chi connectivity index (χ3n) is 5.41. The van der Waals surface area contributed by atoms with E-state index in [1.165, 1.54) is 0 Å². The summed E-state index contributed by atoms with van der Waals surface area (Å²) in [5, 5.41) is 19.2. The van der Waals surface area contributed by atoms with Crippen molar-refractivity contribution in [1.82, 2.24) is 4.98 Å². The SMILES string of the molecule is CCCC(=O)C(c1cccc(-c2c(C)cc(C)cc2C)n1)C(OCC)C(C(=O)O)C(=O)O. The van der Waals surface area contributed by atoms with Gasteiger partial charge >= 0.3 is 11.9 Å². The van der Waals surface area contributed by atoms with Gasteiger partial charge in [-0.1, -0.05) is 30.7 Å². The summed E-state index contributed by atoms with van der Waals surface area (Å²) < 4.78 is 5.60. The fourth-order valence-corrected chi connectivity index (χ4v) is 4.23. The van der Waals surface area contributed by atoms with Crippen LogP contribution in [0.3, 0.4) is 0 Å². The molecule has 0 saturated heterocycles. The van der Waals surface area contributed by atoms with Crippen LogP contribution in [0.1, 0.15) is 55.0 Å². The number of Topliss-reactive ketones (excluding diaryl/α,β-unsaturated/α-hetero) is 1. The van der Waals surface area contributed by atoms with E-state index < -0.39 is 29.9 Å². The smallest absolute Gasteiger partial charge is 0.320 e. The van der Waals surface area contributed by atoms with Crippen molar-refractivity contribution >= 4 is 17.7 Å². The highest BCUT2D eigenvalue weighted by atomic mass is 16.5. The lowest BCUT2D eigenvalue weighted by Crippen LogP contribution is -2.43. The summed E-state index contributed by atoms with van der Waals surface area (Å²) in [5.41, 5.74) is 5.06. The maximum absolute atomic E-state index is 13.1. The van der Waals surface area contributed by atoms with Crippen molar-refractivity contribution < 1.29 is 29.3 Å². The first-order valence-electron chi connectivity index (χ1n) is 10.8. The molecule has 7 heteroatoms. The van der Waals surface area contributed by atoms with E-state index in [-0.39, 0.29) is 18.8 Å². The molecule has 2 atom stereocenters. The number of carboxylic acid groups (broad SMARTS) is 2. The third kappa shape index (κ3) is 5.59. The van der Waals surface area contributed by atoms with Gasteiger partial charge in [0.2, 0.25) is 0 Å². The van der Waals surface area contributed by atoms with E-state index in [9.17, 15) is 24.6 Å². The molecular weight excluding hydrogens is 410 g/mol. The van der Waals surface area contributed by atoms with Crippen molar-refractivity contribution in [1.29, 1.82) is 0 Å². The van der Waals surface area contributed by atoms with Crippen LogP contribution in [0.2, 0.25) is 0 Å². The number of carbonyl (C=O) groups excluding carboxylic acids is 1. The molecule has 0 fully saturated rings. The van der Waals surface area contributed by atoms with Gasteiger partial charge in [-0.15, -0.1) is 0 Å². The predicted molar refractivity (Wildman–Crippen MR) is 121 cm³/mol. The highest BCUT2D eigenvalue weighted by molar-refractivity contribution is 5.96. The number of carboxylic acids is 2. The summed E-state index contributed by atoms with van der Waals surface area (Å²) in [4.78, 5) is 41.4. The maximum Gasteiger partial charge on any atom is 0.320 e. The van der Waals surface area contributed by atoms with Gasteiger partial charge in [0, 0.05) is 18.6 Å². The van der Waals surface area contributed by atoms with Crippen LogP contribution in [-0.4, -0.2) is 45.6 Å². The number of carbonyl (C=O) groups is 3. The fraction of sp³-hybridized carbons (Fsp3) is 0.440. The molecule has 0 amide bonds. The zero-order valence-electron chi connectivity index (χ0n) is 19.2. The van der Waals surface area contributed by atoms with Crippen molar-refractivity contribution in [3.8, 4) is 11.3 Å². The van der Waals surface area contributed by atoms with Gasteiger partial charge in [-0.05, 0) is 57.4 Å². The number of pyridine rings is 1. The average Bonchev–Trinajstić information content (AvgIpc) is 2.67. The molecule has 0 bridgehead atoms. The molecule has 0 spiro atoms. The topological polar surface area (TPSA) is 114 Å². The predicted octanol–water partition coefficient (Wildman–Crippen LogP) is 4.32. The molecule has 7 nitrogen and oxygen atoms in total. The molecular formula is C25H31NO6. The second kappa shape index (κ2) is 11.0. The van der Waals surface area contributed by atoms with E-state index in [2.05, 4.69) is 0 Å². The Morgan fingerprint density at radius 2 is 1.59 bits per heavy atom. The molecule has 1 heterocycles. The maximum atomic E-state index is 13.1. The van der Waals surface area contributed by atoms with E-state index in [4.69, 9.17) is 9.72 Å². The van der Waals surface area contributed by atoms with E-state index in [1.807, 2.05) is 45.9 Å². The van der Waals surface area contributed by atoms with Gasteiger partial charge in [-0.3, -0.25) is 19.4 Å². The minimum Gasteiger partial charge on any atom is -0.481 e. The summed E-state index contributed by atoms with van der Waals surface area (Å²) in [5.74, 6) is -6.40. The van der Waals surface area contributed by atoms with Gasteiger partial charge in [0.25, 0.3) is 0 Å². The number of ether oxygens (including phenoxy) is 1. The highest BCUT2D eigenvalue weighted by Gasteiger charge is 2.44. The second-order valence-corrected chi connectivity index (χ2v) is 7.99. The zero-order chi connectivity index (χ0) is 24.0. The molecule has 1 aromatic carbocycles. The van der Waals surface area contributed by atoms with Crippen LogP contribution in [0.4, 0.5) is 0 Å². The van der Waals surface area contributed by atoms with E-state index in [0.717, 1.165) is 22.3 Å². The largest absolute Gasteiger partial charge is 0.481 e. The molecule has 0 aliphatic rings. The number of hydrogen-bond donors (Lipinski definition) is 2. The Morgan fingerprint density at radius 1 is 1.00 bits per heavy atom. The van der Waals surface area contributed by atoms with Crippen LogP contribution in [-0.2, 0) is 19.1 Å². The van der Waals surface area contributed by atoms with E-state index >= 15 is 0 Å². The second-order valence-electron chi connectivity index (χ2n) is 7.99. The van der Waals surface area contributed by atoms with Crippen LogP contribution in [0.5, 0.6) is 0 Å². The highest BCUT2D eigenvalue weighted by Crippen LogP contribution is 2.33. The van der Waals surface area contributed by atoms with Gasteiger partial charge in [0.15, 0.2) is 5.92 Å². The van der Waals surface area contributed by atoms with Crippen molar-refractivity contribution in [2.45, 2.75) is 59.5 Å². The molecule has 2 N–H and O–H groups in total. The Hall–Kier alpha value is -3.06.